The minimum atomic E-state index is -0.745. The van der Waals surface area contributed by atoms with E-state index in [9.17, 15) is 13.4 Å². The highest BCUT2D eigenvalue weighted by Gasteiger charge is 2.19. The second-order valence-corrected chi connectivity index (χ2v) is 6.15. The molecule has 0 spiro atoms. The summed E-state index contributed by atoms with van der Waals surface area (Å²) in [7, 11) is 0.542. The van der Waals surface area contributed by atoms with E-state index < -0.39 is 22.6 Å². The van der Waals surface area contributed by atoms with Crippen molar-refractivity contribution in [3.8, 4) is 0 Å². The maximum atomic E-state index is 13.7. The smallest absolute Gasteiger partial charge is 0.337 e. The lowest BCUT2D eigenvalue weighted by Crippen LogP contribution is -2.29. The molecule has 6 heteroatoms. The standard InChI is InChI=1S/C13H16FNO3S/c1-18-13(16)9-2-3-11(14)12(8-9)15-10-4-6-19(17)7-5-10/h2-3,8,10,15H,4-7H2,1H3. The van der Waals surface area contributed by atoms with Crippen LogP contribution in [-0.2, 0) is 15.5 Å². The molecule has 1 aromatic carbocycles. The zero-order chi connectivity index (χ0) is 13.8. The van der Waals surface area contributed by atoms with Gasteiger partial charge in [0.2, 0.25) is 0 Å². The van der Waals surface area contributed by atoms with Crippen LogP contribution in [0.4, 0.5) is 10.1 Å². The molecule has 0 radical (unpaired) electrons. The summed E-state index contributed by atoms with van der Waals surface area (Å²) in [5, 5.41) is 3.07. The number of hydrogen-bond donors (Lipinski definition) is 1. The molecule has 1 saturated heterocycles. The molecule has 4 nitrogen and oxygen atoms in total. The van der Waals surface area contributed by atoms with E-state index in [1.165, 1.54) is 25.3 Å². The van der Waals surface area contributed by atoms with Gasteiger partial charge in [-0.25, -0.2) is 9.18 Å². The number of ether oxygens (including phenoxy) is 1. The predicted molar refractivity (Wildman–Crippen MR) is 72.3 cm³/mol. The number of hydrogen-bond acceptors (Lipinski definition) is 4. The van der Waals surface area contributed by atoms with Gasteiger partial charge >= 0.3 is 5.97 Å². The van der Waals surface area contributed by atoms with Crippen LogP contribution in [0, 0.1) is 5.82 Å². The number of esters is 1. The van der Waals surface area contributed by atoms with Gasteiger partial charge in [0.05, 0.1) is 18.4 Å². The van der Waals surface area contributed by atoms with Gasteiger partial charge in [-0.15, -0.1) is 0 Å². The Labute approximate surface area is 113 Å². The second-order valence-electron chi connectivity index (χ2n) is 4.45. The lowest BCUT2D eigenvalue weighted by molar-refractivity contribution is 0.0600. The molecule has 1 fully saturated rings. The molecule has 1 N–H and O–H groups in total. The van der Waals surface area contributed by atoms with Crippen molar-refractivity contribution in [3.05, 3.63) is 29.6 Å². The third-order valence-corrected chi connectivity index (χ3v) is 4.52. The Bertz CT molecular complexity index is 497. The minimum Gasteiger partial charge on any atom is -0.465 e. The number of halogens is 1. The fourth-order valence-corrected chi connectivity index (χ4v) is 3.34. The summed E-state index contributed by atoms with van der Waals surface area (Å²) >= 11 is 0. The van der Waals surface area contributed by atoms with Gasteiger partial charge in [-0.05, 0) is 31.0 Å². The zero-order valence-electron chi connectivity index (χ0n) is 10.6. The van der Waals surface area contributed by atoms with E-state index in [2.05, 4.69) is 10.1 Å². The highest BCUT2D eigenvalue weighted by Crippen LogP contribution is 2.21. The Hall–Kier alpha value is -1.43. The third-order valence-electron chi connectivity index (χ3n) is 3.14. The fourth-order valence-electron chi connectivity index (χ4n) is 2.04. The number of methoxy groups -OCH3 is 1. The minimum absolute atomic E-state index is 0.0973. The SMILES string of the molecule is COC(=O)c1ccc(F)c(NC2CCS(=O)CC2)c1. The van der Waals surface area contributed by atoms with Gasteiger partial charge in [-0.3, -0.25) is 4.21 Å². The topological polar surface area (TPSA) is 55.4 Å². The van der Waals surface area contributed by atoms with E-state index in [1.54, 1.807) is 0 Å². The summed E-state index contributed by atoms with van der Waals surface area (Å²) in [6, 6.07) is 4.19. The van der Waals surface area contributed by atoms with Crippen molar-refractivity contribution in [2.24, 2.45) is 0 Å². The molecule has 1 heterocycles. The number of nitrogens with one attached hydrogen (secondary N) is 1. The second kappa shape index (κ2) is 6.14. The average Bonchev–Trinajstić information content (AvgIpc) is 2.43. The van der Waals surface area contributed by atoms with Crippen molar-refractivity contribution in [3.63, 3.8) is 0 Å². The van der Waals surface area contributed by atoms with E-state index in [1.807, 2.05) is 0 Å². The van der Waals surface area contributed by atoms with Crippen molar-refractivity contribution < 1.29 is 18.1 Å². The Morgan fingerprint density at radius 1 is 1.42 bits per heavy atom. The third kappa shape index (κ3) is 3.53. The van der Waals surface area contributed by atoms with Crippen molar-refractivity contribution in [2.75, 3.05) is 23.9 Å². The molecule has 0 unspecified atom stereocenters. The van der Waals surface area contributed by atoms with Gasteiger partial charge < -0.3 is 10.1 Å². The van der Waals surface area contributed by atoms with Gasteiger partial charge in [0.25, 0.3) is 0 Å². The molecule has 0 saturated carbocycles. The van der Waals surface area contributed by atoms with Gasteiger partial charge in [0.15, 0.2) is 0 Å². The number of carbonyl (C=O) groups excluding carboxylic acids is 1. The molecule has 1 aromatic rings. The number of carbonyl (C=O) groups is 1. The largest absolute Gasteiger partial charge is 0.465 e. The molecule has 0 aromatic heterocycles. The lowest BCUT2D eigenvalue weighted by atomic mass is 10.1. The molecule has 0 amide bonds. The van der Waals surface area contributed by atoms with E-state index in [0.717, 1.165) is 12.8 Å². The van der Waals surface area contributed by atoms with Crippen LogP contribution in [-0.4, -0.2) is 34.8 Å². The van der Waals surface area contributed by atoms with Crippen LogP contribution in [0.2, 0.25) is 0 Å². The zero-order valence-corrected chi connectivity index (χ0v) is 11.5. The molecule has 0 atom stereocenters. The number of benzene rings is 1. The molecule has 19 heavy (non-hydrogen) atoms. The van der Waals surface area contributed by atoms with Crippen molar-refractivity contribution in [1.82, 2.24) is 0 Å². The van der Waals surface area contributed by atoms with Crippen LogP contribution in [0.5, 0.6) is 0 Å². The summed E-state index contributed by atoms with van der Waals surface area (Å²) < 4.78 is 29.6. The molecule has 2 rings (SSSR count). The molecule has 0 aliphatic carbocycles. The first-order chi connectivity index (χ1) is 9.10. The average molecular weight is 285 g/mol. The molecule has 1 aliphatic rings. The maximum absolute atomic E-state index is 13.7. The maximum Gasteiger partial charge on any atom is 0.337 e. The summed E-state index contributed by atoms with van der Waals surface area (Å²) in [5.74, 6) is 0.374. The van der Waals surface area contributed by atoms with Crippen molar-refractivity contribution in [1.29, 1.82) is 0 Å². The van der Waals surface area contributed by atoms with Crippen LogP contribution >= 0.6 is 0 Å². The summed E-state index contributed by atoms with van der Waals surface area (Å²) in [4.78, 5) is 11.4. The lowest BCUT2D eigenvalue weighted by Gasteiger charge is -2.24. The molecule has 104 valence electrons. The molecular weight excluding hydrogens is 269 g/mol. The van der Waals surface area contributed by atoms with Crippen molar-refractivity contribution in [2.45, 2.75) is 18.9 Å². The molecule has 1 aliphatic heterocycles. The van der Waals surface area contributed by atoms with E-state index in [-0.39, 0.29) is 6.04 Å². The Kier molecular flexibility index (Phi) is 4.52. The highest BCUT2D eigenvalue weighted by molar-refractivity contribution is 7.85. The first kappa shape index (κ1) is 14.0. The Morgan fingerprint density at radius 2 is 2.11 bits per heavy atom. The van der Waals surface area contributed by atoms with Crippen LogP contribution in [0.15, 0.2) is 18.2 Å². The molecular formula is C13H16FNO3S. The first-order valence-electron chi connectivity index (χ1n) is 6.09. The van der Waals surface area contributed by atoms with Crippen LogP contribution < -0.4 is 5.32 Å². The summed E-state index contributed by atoms with van der Waals surface area (Å²) in [6.07, 6.45) is 1.49. The highest BCUT2D eigenvalue weighted by atomic mass is 32.2. The van der Waals surface area contributed by atoms with Gasteiger partial charge in [-0.1, -0.05) is 0 Å². The van der Waals surface area contributed by atoms with Gasteiger partial charge in [0.1, 0.15) is 5.82 Å². The quantitative estimate of drug-likeness (QED) is 0.862. The normalized spacial score (nSPS) is 22.8. The monoisotopic (exact) mass is 285 g/mol. The van der Waals surface area contributed by atoms with Crippen LogP contribution in [0.1, 0.15) is 23.2 Å². The van der Waals surface area contributed by atoms with Gasteiger partial charge in [0, 0.05) is 28.3 Å². The van der Waals surface area contributed by atoms with Crippen LogP contribution in [0.25, 0.3) is 0 Å². The van der Waals surface area contributed by atoms with Gasteiger partial charge in [-0.2, -0.15) is 0 Å². The number of rotatable bonds is 3. The molecule has 0 bridgehead atoms. The van der Waals surface area contributed by atoms with E-state index in [0.29, 0.717) is 22.8 Å². The summed E-state index contributed by atoms with van der Waals surface area (Å²) in [5.41, 5.74) is 0.603. The van der Waals surface area contributed by atoms with Crippen LogP contribution in [0.3, 0.4) is 0 Å². The fraction of sp³-hybridized carbons (Fsp3) is 0.462. The van der Waals surface area contributed by atoms with E-state index >= 15 is 0 Å². The van der Waals surface area contributed by atoms with Crippen molar-refractivity contribution >= 4 is 22.5 Å². The predicted octanol–water partition coefficient (Wildman–Crippen LogP) is 1.94. The summed E-state index contributed by atoms with van der Waals surface area (Å²) in [6.45, 7) is 0. The Morgan fingerprint density at radius 3 is 2.74 bits per heavy atom. The Balaban J connectivity index is 2.10. The number of anilines is 1. The first-order valence-corrected chi connectivity index (χ1v) is 7.58. The van der Waals surface area contributed by atoms with E-state index in [4.69, 9.17) is 0 Å².